The second-order valence-electron chi connectivity index (χ2n) is 6.81. The van der Waals surface area contributed by atoms with Gasteiger partial charge in [-0.3, -0.25) is 0 Å². The molecule has 26 heavy (non-hydrogen) atoms. The smallest absolute Gasteiger partial charge is 0.165 e. The molecule has 2 rings (SSSR count). The Morgan fingerprint density at radius 3 is 2.42 bits per heavy atom. The van der Waals surface area contributed by atoms with E-state index in [1.165, 1.54) is 12.1 Å². The molecule has 1 aromatic heterocycles. The molecule has 0 amide bonds. The van der Waals surface area contributed by atoms with Crippen molar-refractivity contribution in [3.05, 3.63) is 58.6 Å². The minimum atomic E-state index is -0.655. The Labute approximate surface area is 154 Å². The number of allylic oxidation sites excluding steroid dienone is 1. The van der Waals surface area contributed by atoms with Crippen molar-refractivity contribution in [1.29, 1.82) is 0 Å². The lowest BCUT2D eigenvalue weighted by Gasteiger charge is -2.14. The SMILES string of the molecule is CNC(C)c1cc(F)c(-c2ncc(C)c(C/C(C)=C/N(C)C)n2)c(F)c1. The predicted molar refractivity (Wildman–Crippen MR) is 101 cm³/mol. The normalized spacial score (nSPS) is 13.0. The number of nitrogens with one attached hydrogen (secondary N) is 1. The molecule has 0 radical (unpaired) electrons. The van der Waals surface area contributed by atoms with Crippen LogP contribution in [0, 0.1) is 18.6 Å². The number of nitrogens with zero attached hydrogens (tertiary/aromatic N) is 3. The molecule has 1 atom stereocenters. The summed E-state index contributed by atoms with van der Waals surface area (Å²) in [5.41, 5.74) is 3.11. The zero-order chi connectivity index (χ0) is 19.4. The van der Waals surface area contributed by atoms with Crippen LogP contribution in [0.25, 0.3) is 11.4 Å². The van der Waals surface area contributed by atoms with E-state index in [1.54, 1.807) is 13.2 Å². The molecule has 1 heterocycles. The summed E-state index contributed by atoms with van der Waals surface area (Å²) in [5.74, 6) is -1.24. The summed E-state index contributed by atoms with van der Waals surface area (Å²) in [4.78, 5) is 10.5. The number of aryl methyl sites for hydroxylation is 1. The van der Waals surface area contributed by atoms with Crippen molar-refractivity contribution in [2.75, 3.05) is 21.1 Å². The highest BCUT2D eigenvalue weighted by Crippen LogP contribution is 2.27. The van der Waals surface area contributed by atoms with Crippen LogP contribution in [0.4, 0.5) is 8.78 Å². The zero-order valence-electron chi connectivity index (χ0n) is 16.2. The first kappa shape index (κ1) is 20.0. The van der Waals surface area contributed by atoms with Gasteiger partial charge in [-0.1, -0.05) is 5.57 Å². The van der Waals surface area contributed by atoms with E-state index < -0.39 is 11.6 Å². The van der Waals surface area contributed by atoms with Crippen LogP contribution >= 0.6 is 0 Å². The van der Waals surface area contributed by atoms with Crippen LogP contribution < -0.4 is 5.32 Å². The van der Waals surface area contributed by atoms with Gasteiger partial charge in [0.25, 0.3) is 0 Å². The van der Waals surface area contributed by atoms with E-state index in [0.717, 1.165) is 16.8 Å². The lowest BCUT2D eigenvalue weighted by molar-refractivity contribution is 0.556. The number of benzene rings is 1. The lowest BCUT2D eigenvalue weighted by Crippen LogP contribution is -2.13. The van der Waals surface area contributed by atoms with Gasteiger partial charge >= 0.3 is 0 Å². The van der Waals surface area contributed by atoms with Crippen LogP contribution in [0.5, 0.6) is 0 Å². The molecule has 1 unspecified atom stereocenters. The molecule has 0 spiro atoms. The highest BCUT2D eigenvalue weighted by atomic mass is 19.1. The largest absolute Gasteiger partial charge is 0.384 e. The molecule has 4 nitrogen and oxygen atoms in total. The summed E-state index contributed by atoms with van der Waals surface area (Å²) in [5, 5.41) is 2.97. The van der Waals surface area contributed by atoms with Gasteiger partial charge in [-0.05, 0) is 57.3 Å². The summed E-state index contributed by atoms with van der Waals surface area (Å²) >= 11 is 0. The van der Waals surface area contributed by atoms with Gasteiger partial charge in [0.1, 0.15) is 11.6 Å². The molecular weight excluding hydrogens is 334 g/mol. The maximum Gasteiger partial charge on any atom is 0.165 e. The fraction of sp³-hybridized carbons (Fsp3) is 0.400. The van der Waals surface area contributed by atoms with Gasteiger partial charge in [-0.25, -0.2) is 18.7 Å². The number of hydrogen-bond acceptors (Lipinski definition) is 4. The van der Waals surface area contributed by atoms with Crippen molar-refractivity contribution in [1.82, 2.24) is 20.2 Å². The average molecular weight is 360 g/mol. The maximum absolute atomic E-state index is 14.6. The van der Waals surface area contributed by atoms with Crippen molar-refractivity contribution in [3.8, 4) is 11.4 Å². The van der Waals surface area contributed by atoms with E-state index in [4.69, 9.17) is 0 Å². The molecule has 0 saturated carbocycles. The molecule has 1 N–H and O–H groups in total. The van der Waals surface area contributed by atoms with Gasteiger partial charge in [0.15, 0.2) is 5.82 Å². The predicted octanol–water partition coefficient (Wildman–Crippen LogP) is 4.02. The molecule has 2 aromatic rings. The van der Waals surface area contributed by atoms with Crippen LogP contribution in [0.15, 0.2) is 30.1 Å². The van der Waals surface area contributed by atoms with Gasteiger partial charge in [0.05, 0.1) is 11.3 Å². The maximum atomic E-state index is 14.6. The van der Waals surface area contributed by atoms with E-state index in [1.807, 2.05) is 46.0 Å². The van der Waals surface area contributed by atoms with Crippen LogP contribution in [-0.4, -0.2) is 36.0 Å². The number of rotatable bonds is 6. The monoisotopic (exact) mass is 360 g/mol. The van der Waals surface area contributed by atoms with Gasteiger partial charge < -0.3 is 10.2 Å². The molecule has 0 aliphatic rings. The van der Waals surface area contributed by atoms with Crippen molar-refractivity contribution in [2.24, 2.45) is 0 Å². The van der Waals surface area contributed by atoms with Crippen molar-refractivity contribution in [2.45, 2.75) is 33.2 Å². The Kier molecular flexibility index (Phi) is 6.42. The summed E-state index contributed by atoms with van der Waals surface area (Å²) in [7, 11) is 5.63. The molecule has 0 saturated heterocycles. The van der Waals surface area contributed by atoms with Gasteiger partial charge in [-0.2, -0.15) is 0 Å². The van der Waals surface area contributed by atoms with Crippen molar-refractivity contribution in [3.63, 3.8) is 0 Å². The van der Waals surface area contributed by atoms with Crippen LogP contribution in [-0.2, 0) is 6.42 Å². The van der Waals surface area contributed by atoms with E-state index in [2.05, 4.69) is 15.3 Å². The minimum absolute atomic E-state index is 0.0712. The first-order valence-electron chi connectivity index (χ1n) is 8.55. The summed E-state index contributed by atoms with van der Waals surface area (Å²) in [6.45, 7) is 5.73. The number of halogens is 2. The molecule has 0 aliphatic carbocycles. The van der Waals surface area contributed by atoms with Gasteiger partial charge in [0.2, 0.25) is 0 Å². The van der Waals surface area contributed by atoms with Crippen LogP contribution in [0.2, 0.25) is 0 Å². The molecule has 1 aromatic carbocycles. The molecule has 0 fully saturated rings. The third-order valence-corrected chi connectivity index (χ3v) is 4.22. The Balaban J connectivity index is 2.45. The topological polar surface area (TPSA) is 41.1 Å². The van der Waals surface area contributed by atoms with Crippen molar-refractivity contribution >= 4 is 0 Å². The first-order valence-corrected chi connectivity index (χ1v) is 8.55. The fourth-order valence-electron chi connectivity index (χ4n) is 2.75. The lowest BCUT2D eigenvalue weighted by atomic mass is 10.0. The molecule has 0 aliphatic heterocycles. The Bertz CT molecular complexity index is 792. The Morgan fingerprint density at radius 2 is 1.88 bits per heavy atom. The van der Waals surface area contributed by atoms with E-state index >= 15 is 0 Å². The third kappa shape index (κ3) is 4.64. The third-order valence-electron chi connectivity index (χ3n) is 4.22. The summed E-state index contributed by atoms with van der Waals surface area (Å²) < 4.78 is 29.2. The standard InChI is InChI=1S/C20H26F2N4/c1-12(11-26(5)6)7-18-13(2)10-24-20(25-18)19-16(21)8-15(9-17(19)22)14(3)23-4/h8-11,14,23H,7H2,1-6H3/b12-11+. The minimum Gasteiger partial charge on any atom is -0.384 e. The van der Waals surface area contributed by atoms with Crippen LogP contribution in [0.1, 0.15) is 36.7 Å². The second kappa shape index (κ2) is 8.36. The highest BCUT2D eigenvalue weighted by Gasteiger charge is 2.18. The van der Waals surface area contributed by atoms with Crippen molar-refractivity contribution < 1.29 is 8.78 Å². The first-order chi connectivity index (χ1) is 12.2. The Hall–Kier alpha value is -2.34. The zero-order valence-corrected chi connectivity index (χ0v) is 16.2. The fourth-order valence-corrected chi connectivity index (χ4v) is 2.75. The summed E-state index contributed by atoms with van der Waals surface area (Å²) in [6, 6.07) is 2.51. The van der Waals surface area contributed by atoms with Gasteiger partial charge in [0, 0.05) is 32.8 Å². The highest BCUT2D eigenvalue weighted by molar-refractivity contribution is 5.58. The average Bonchev–Trinajstić information content (AvgIpc) is 2.55. The van der Waals surface area contributed by atoms with Crippen LogP contribution in [0.3, 0.4) is 0 Å². The quantitative estimate of drug-likeness (QED) is 0.845. The number of aromatic nitrogens is 2. The van der Waals surface area contributed by atoms with Gasteiger partial charge in [-0.15, -0.1) is 0 Å². The molecule has 6 heteroatoms. The van der Waals surface area contributed by atoms with E-state index in [0.29, 0.717) is 12.0 Å². The summed E-state index contributed by atoms with van der Waals surface area (Å²) in [6.07, 6.45) is 4.21. The molecular formula is C20H26F2N4. The molecule has 0 bridgehead atoms. The number of hydrogen-bond donors (Lipinski definition) is 1. The van der Waals surface area contributed by atoms with E-state index in [-0.39, 0.29) is 17.4 Å². The molecule has 140 valence electrons. The van der Waals surface area contributed by atoms with E-state index in [9.17, 15) is 8.78 Å². The second-order valence-corrected chi connectivity index (χ2v) is 6.81. The Morgan fingerprint density at radius 1 is 1.27 bits per heavy atom.